The quantitative estimate of drug-likeness (QED) is 0.924. The van der Waals surface area contributed by atoms with Gasteiger partial charge in [0.25, 0.3) is 0 Å². The van der Waals surface area contributed by atoms with Crippen molar-refractivity contribution in [2.75, 3.05) is 7.05 Å². The van der Waals surface area contributed by atoms with E-state index in [1.54, 1.807) is 0 Å². The Labute approximate surface area is 111 Å². The van der Waals surface area contributed by atoms with Gasteiger partial charge in [-0.15, -0.1) is 11.3 Å². The van der Waals surface area contributed by atoms with Crippen molar-refractivity contribution in [2.24, 2.45) is 0 Å². The van der Waals surface area contributed by atoms with Gasteiger partial charge in [0.1, 0.15) is 5.01 Å². The molecule has 2 heterocycles. The number of imidazole rings is 1. The van der Waals surface area contributed by atoms with Crippen LogP contribution in [-0.4, -0.2) is 21.6 Å². The maximum atomic E-state index is 4.82. The molecule has 2 aromatic rings. The van der Waals surface area contributed by atoms with Gasteiger partial charge in [-0.1, -0.05) is 0 Å². The summed E-state index contributed by atoms with van der Waals surface area (Å²) in [6, 6.07) is 0.484. The fraction of sp³-hybridized carbons (Fsp3) is 0.538. The van der Waals surface area contributed by atoms with E-state index in [0.29, 0.717) is 6.04 Å². The average molecular weight is 262 g/mol. The van der Waals surface area contributed by atoms with Gasteiger partial charge in [0.05, 0.1) is 23.9 Å². The van der Waals surface area contributed by atoms with E-state index in [2.05, 4.69) is 21.8 Å². The summed E-state index contributed by atoms with van der Waals surface area (Å²) in [5, 5.41) is 4.51. The van der Waals surface area contributed by atoms with Gasteiger partial charge in [-0.25, -0.2) is 9.97 Å². The molecule has 1 unspecified atom stereocenters. The lowest BCUT2D eigenvalue weighted by Crippen LogP contribution is -2.19. The third-order valence-electron chi connectivity index (χ3n) is 3.57. The van der Waals surface area contributed by atoms with Crippen LogP contribution in [0.5, 0.6) is 0 Å². The van der Waals surface area contributed by atoms with Gasteiger partial charge in [-0.3, -0.25) is 0 Å². The topological polar surface area (TPSA) is 42.7 Å². The Morgan fingerprint density at radius 1 is 1.56 bits per heavy atom. The van der Waals surface area contributed by atoms with E-state index in [1.165, 1.54) is 23.4 Å². The standard InChI is InChI=1S/C13H18N4S/c1-3-17-8-15-7-11(17)13-16-10-6-4-5-9(14-2)12(10)18-13/h7-9,14H,3-6H2,1-2H3. The maximum Gasteiger partial charge on any atom is 0.142 e. The number of hydrogen-bond acceptors (Lipinski definition) is 4. The molecule has 3 rings (SSSR count). The molecule has 18 heavy (non-hydrogen) atoms. The Kier molecular flexibility index (Phi) is 3.18. The highest BCUT2D eigenvalue weighted by molar-refractivity contribution is 7.15. The highest BCUT2D eigenvalue weighted by Gasteiger charge is 2.24. The lowest BCUT2D eigenvalue weighted by molar-refractivity contribution is 0.501. The summed E-state index contributed by atoms with van der Waals surface area (Å²) in [4.78, 5) is 10.5. The fourth-order valence-electron chi connectivity index (χ4n) is 2.56. The molecule has 0 aliphatic heterocycles. The van der Waals surface area contributed by atoms with Gasteiger partial charge in [-0.2, -0.15) is 0 Å². The lowest BCUT2D eigenvalue weighted by atomic mass is 9.98. The van der Waals surface area contributed by atoms with E-state index >= 15 is 0 Å². The number of nitrogens with zero attached hydrogens (tertiary/aromatic N) is 3. The van der Waals surface area contributed by atoms with Crippen LogP contribution < -0.4 is 5.32 Å². The summed E-state index contributed by atoms with van der Waals surface area (Å²) in [6.07, 6.45) is 7.37. The number of hydrogen-bond donors (Lipinski definition) is 1. The maximum absolute atomic E-state index is 4.82. The Morgan fingerprint density at radius 3 is 3.22 bits per heavy atom. The van der Waals surface area contributed by atoms with Gasteiger partial charge < -0.3 is 9.88 Å². The molecular weight excluding hydrogens is 244 g/mol. The van der Waals surface area contributed by atoms with Gasteiger partial charge in [0, 0.05) is 17.5 Å². The van der Waals surface area contributed by atoms with Crippen molar-refractivity contribution in [3.8, 4) is 10.7 Å². The second kappa shape index (κ2) is 4.82. The third kappa shape index (κ3) is 1.87. The molecule has 0 radical (unpaired) electrons. The fourth-order valence-corrected chi connectivity index (χ4v) is 3.84. The normalized spacial score (nSPS) is 18.9. The summed E-state index contributed by atoms with van der Waals surface area (Å²) in [5.41, 5.74) is 2.43. The lowest BCUT2D eigenvalue weighted by Gasteiger charge is -2.19. The first-order chi connectivity index (χ1) is 8.83. The predicted octanol–water partition coefficient (Wildman–Crippen LogP) is 2.62. The zero-order valence-electron chi connectivity index (χ0n) is 10.8. The SMILES string of the molecule is CCn1cncc1-c1nc2c(s1)C(NC)CCC2. The van der Waals surface area contributed by atoms with Crippen LogP contribution in [0.2, 0.25) is 0 Å². The summed E-state index contributed by atoms with van der Waals surface area (Å²) >= 11 is 1.82. The first kappa shape index (κ1) is 11.9. The number of aryl methyl sites for hydroxylation is 2. The van der Waals surface area contributed by atoms with Gasteiger partial charge in [0.15, 0.2) is 0 Å². The molecule has 0 bridgehead atoms. The van der Waals surface area contributed by atoms with Crippen molar-refractivity contribution < 1.29 is 0 Å². The van der Waals surface area contributed by atoms with Gasteiger partial charge in [-0.05, 0) is 33.2 Å². The minimum Gasteiger partial charge on any atom is -0.329 e. The zero-order chi connectivity index (χ0) is 12.5. The Bertz CT molecular complexity index is 543. The minimum atomic E-state index is 0.484. The van der Waals surface area contributed by atoms with Crippen molar-refractivity contribution in [3.63, 3.8) is 0 Å². The molecule has 96 valence electrons. The van der Waals surface area contributed by atoms with E-state index in [4.69, 9.17) is 4.98 Å². The minimum absolute atomic E-state index is 0.484. The number of nitrogens with one attached hydrogen (secondary N) is 1. The highest BCUT2D eigenvalue weighted by Crippen LogP contribution is 2.37. The molecule has 1 aliphatic rings. The number of thiazole rings is 1. The number of aromatic nitrogens is 3. The Morgan fingerprint density at radius 2 is 2.44 bits per heavy atom. The molecule has 4 nitrogen and oxygen atoms in total. The van der Waals surface area contributed by atoms with Crippen LogP contribution in [-0.2, 0) is 13.0 Å². The van der Waals surface area contributed by atoms with E-state index in [9.17, 15) is 0 Å². The molecule has 1 aliphatic carbocycles. The molecule has 0 spiro atoms. The second-order valence-corrected chi connectivity index (χ2v) is 5.66. The van der Waals surface area contributed by atoms with Crippen molar-refractivity contribution in [1.29, 1.82) is 0 Å². The monoisotopic (exact) mass is 262 g/mol. The summed E-state index contributed by atoms with van der Waals surface area (Å²) < 4.78 is 2.15. The Balaban J connectivity index is 2.02. The van der Waals surface area contributed by atoms with E-state index < -0.39 is 0 Å². The van der Waals surface area contributed by atoms with Crippen LogP contribution in [0.25, 0.3) is 10.7 Å². The third-order valence-corrected chi connectivity index (χ3v) is 4.80. The average Bonchev–Trinajstić information content (AvgIpc) is 3.03. The van der Waals surface area contributed by atoms with E-state index in [1.807, 2.05) is 30.9 Å². The number of rotatable bonds is 3. The van der Waals surface area contributed by atoms with Crippen molar-refractivity contribution in [3.05, 3.63) is 23.1 Å². The van der Waals surface area contributed by atoms with Crippen LogP contribution in [0.1, 0.15) is 36.4 Å². The van der Waals surface area contributed by atoms with Crippen molar-refractivity contribution in [1.82, 2.24) is 19.9 Å². The molecule has 0 aromatic carbocycles. The van der Waals surface area contributed by atoms with Crippen LogP contribution >= 0.6 is 11.3 Å². The number of fused-ring (bicyclic) bond motifs is 1. The van der Waals surface area contributed by atoms with Gasteiger partial charge in [0.2, 0.25) is 0 Å². The summed E-state index contributed by atoms with van der Waals surface area (Å²) in [5.74, 6) is 0. The molecule has 0 saturated heterocycles. The smallest absolute Gasteiger partial charge is 0.142 e. The summed E-state index contributed by atoms with van der Waals surface area (Å²) in [7, 11) is 2.04. The van der Waals surface area contributed by atoms with Gasteiger partial charge >= 0.3 is 0 Å². The Hall–Kier alpha value is -1.20. The second-order valence-electron chi connectivity index (χ2n) is 4.63. The molecule has 1 N–H and O–H groups in total. The van der Waals surface area contributed by atoms with Crippen LogP contribution in [0, 0.1) is 0 Å². The predicted molar refractivity (Wildman–Crippen MR) is 73.7 cm³/mol. The van der Waals surface area contributed by atoms with Crippen LogP contribution in [0.15, 0.2) is 12.5 Å². The highest BCUT2D eigenvalue weighted by atomic mass is 32.1. The largest absolute Gasteiger partial charge is 0.329 e. The van der Waals surface area contributed by atoms with E-state index in [0.717, 1.165) is 23.7 Å². The van der Waals surface area contributed by atoms with Crippen molar-refractivity contribution >= 4 is 11.3 Å². The molecule has 0 saturated carbocycles. The molecule has 0 fully saturated rings. The molecule has 1 atom stereocenters. The molecular formula is C13H18N4S. The van der Waals surface area contributed by atoms with Crippen LogP contribution in [0.4, 0.5) is 0 Å². The van der Waals surface area contributed by atoms with Crippen LogP contribution in [0.3, 0.4) is 0 Å². The zero-order valence-corrected chi connectivity index (χ0v) is 11.6. The first-order valence-electron chi connectivity index (χ1n) is 6.50. The molecule has 0 amide bonds. The molecule has 2 aromatic heterocycles. The summed E-state index contributed by atoms with van der Waals surface area (Å²) in [6.45, 7) is 3.07. The first-order valence-corrected chi connectivity index (χ1v) is 7.32. The van der Waals surface area contributed by atoms with E-state index in [-0.39, 0.29) is 0 Å². The molecule has 5 heteroatoms. The van der Waals surface area contributed by atoms with Crippen molar-refractivity contribution in [2.45, 2.75) is 38.8 Å².